The van der Waals surface area contributed by atoms with Gasteiger partial charge in [-0.25, -0.2) is 0 Å². The number of nitrogens with one attached hydrogen (secondary N) is 1. The lowest BCUT2D eigenvalue weighted by atomic mass is 10.0. The summed E-state index contributed by atoms with van der Waals surface area (Å²) in [6.07, 6.45) is 0.768. The van der Waals surface area contributed by atoms with Crippen LogP contribution in [-0.2, 0) is 9.53 Å². The first-order valence-electron chi connectivity index (χ1n) is 5.10. The molecule has 1 amide bonds. The molecule has 0 aromatic carbocycles. The third-order valence-corrected chi connectivity index (χ3v) is 3.64. The summed E-state index contributed by atoms with van der Waals surface area (Å²) in [6.45, 7) is 5.59. The molecular formula is C10H18BrNO2. The summed E-state index contributed by atoms with van der Waals surface area (Å²) in [5.41, 5.74) is 0. The largest absolute Gasteiger partial charge is 0.368 e. The first-order chi connectivity index (χ1) is 6.65. The molecule has 3 atom stereocenters. The maximum absolute atomic E-state index is 11.6. The van der Waals surface area contributed by atoms with Crippen molar-refractivity contribution in [3.05, 3.63) is 0 Å². The van der Waals surface area contributed by atoms with E-state index in [0.29, 0.717) is 18.4 Å². The van der Waals surface area contributed by atoms with Crippen molar-refractivity contribution in [2.24, 2.45) is 11.8 Å². The molecule has 0 aliphatic carbocycles. The molecule has 1 aliphatic rings. The third kappa shape index (κ3) is 3.24. The molecular weight excluding hydrogens is 246 g/mol. The van der Waals surface area contributed by atoms with Crippen LogP contribution in [0, 0.1) is 11.8 Å². The molecule has 0 saturated carbocycles. The van der Waals surface area contributed by atoms with Crippen molar-refractivity contribution in [3.63, 3.8) is 0 Å². The number of rotatable bonds is 4. The van der Waals surface area contributed by atoms with Crippen LogP contribution in [-0.4, -0.2) is 30.5 Å². The van der Waals surface area contributed by atoms with Crippen molar-refractivity contribution in [2.75, 3.05) is 18.5 Å². The van der Waals surface area contributed by atoms with E-state index in [1.165, 1.54) is 0 Å². The minimum atomic E-state index is -0.225. The number of alkyl halides is 1. The topological polar surface area (TPSA) is 38.3 Å². The second-order valence-corrected chi connectivity index (χ2v) is 4.71. The minimum Gasteiger partial charge on any atom is -0.368 e. The maximum Gasteiger partial charge on any atom is 0.249 e. The second kappa shape index (κ2) is 5.71. The normalized spacial score (nSPS) is 28.8. The van der Waals surface area contributed by atoms with Crippen LogP contribution >= 0.6 is 15.9 Å². The number of halogens is 1. The van der Waals surface area contributed by atoms with Gasteiger partial charge in [-0.1, -0.05) is 29.8 Å². The zero-order chi connectivity index (χ0) is 10.6. The second-order valence-electron chi connectivity index (χ2n) is 4.06. The summed E-state index contributed by atoms with van der Waals surface area (Å²) < 4.78 is 5.37. The van der Waals surface area contributed by atoms with E-state index in [1.54, 1.807) is 0 Å². The standard InChI is InChI=1S/C10H18BrNO2/c1-7(5-11)6-12-10(13)9-8(2)3-4-14-9/h7-9H,3-6H2,1-2H3,(H,12,13). The fourth-order valence-electron chi connectivity index (χ4n) is 1.46. The Kier molecular flexibility index (Phi) is 4.89. The number of hydrogen-bond acceptors (Lipinski definition) is 2. The lowest BCUT2D eigenvalue weighted by molar-refractivity contribution is -0.131. The van der Waals surface area contributed by atoms with E-state index in [1.807, 2.05) is 0 Å². The SMILES string of the molecule is CC(CBr)CNC(=O)C1OCCC1C. The van der Waals surface area contributed by atoms with Gasteiger partial charge in [-0.3, -0.25) is 4.79 Å². The summed E-state index contributed by atoms with van der Waals surface area (Å²) in [5, 5.41) is 3.82. The monoisotopic (exact) mass is 263 g/mol. The minimum absolute atomic E-state index is 0.0443. The molecule has 1 fully saturated rings. The molecule has 1 saturated heterocycles. The third-order valence-electron chi connectivity index (χ3n) is 2.53. The van der Waals surface area contributed by atoms with Gasteiger partial charge in [0.15, 0.2) is 0 Å². The highest BCUT2D eigenvalue weighted by molar-refractivity contribution is 9.09. The smallest absolute Gasteiger partial charge is 0.249 e. The highest BCUT2D eigenvalue weighted by Crippen LogP contribution is 2.19. The number of carbonyl (C=O) groups excluding carboxylic acids is 1. The summed E-state index contributed by atoms with van der Waals surface area (Å²) in [4.78, 5) is 11.6. The Morgan fingerprint density at radius 1 is 1.71 bits per heavy atom. The van der Waals surface area contributed by atoms with E-state index in [2.05, 4.69) is 35.1 Å². The van der Waals surface area contributed by atoms with Crippen LogP contribution in [0.3, 0.4) is 0 Å². The van der Waals surface area contributed by atoms with Gasteiger partial charge in [0.2, 0.25) is 5.91 Å². The number of carbonyl (C=O) groups is 1. The van der Waals surface area contributed by atoms with Gasteiger partial charge in [-0.15, -0.1) is 0 Å². The molecule has 1 heterocycles. The van der Waals surface area contributed by atoms with Crippen molar-refractivity contribution in [2.45, 2.75) is 26.4 Å². The first-order valence-corrected chi connectivity index (χ1v) is 6.22. The lowest BCUT2D eigenvalue weighted by Gasteiger charge is -2.16. The Hall–Kier alpha value is -0.0900. The van der Waals surface area contributed by atoms with Gasteiger partial charge in [0, 0.05) is 18.5 Å². The Bertz CT molecular complexity index is 199. The lowest BCUT2D eigenvalue weighted by Crippen LogP contribution is -2.39. The van der Waals surface area contributed by atoms with Crippen LogP contribution in [0.5, 0.6) is 0 Å². The van der Waals surface area contributed by atoms with E-state index in [0.717, 1.165) is 18.3 Å². The van der Waals surface area contributed by atoms with Crippen LogP contribution in [0.2, 0.25) is 0 Å². The summed E-state index contributed by atoms with van der Waals surface area (Å²) >= 11 is 3.38. The van der Waals surface area contributed by atoms with Crippen LogP contribution in [0.25, 0.3) is 0 Å². The van der Waals surface area contributed by atoms with Crippen molar-refractivity contribution in [1.29, 1.82) is 0 Å². The summed E-state index contributed by atoms with van der Waals surface area (Å²) in [7, 11) is 0. The Balaban J connectivity index is 2.27. The Morgan fingerprint density at radius 2 is 2.43 bits per heavy atom. The predicted molar refractivity (Wildman–Crippen MR) is 59.5 cm³/mol. The summed E-state index contributed by atoms with van der Waals surface area (Å²) in [6, 6.07) is 0. The molecule has 0 bridgehead atoms. The highest BCUT2D eigenvalue weighted by atomic mass is 79.9. The van der Waals surface area contributed by atoms with Crippen molar-refractivity contribution < 1.29 is 9.53 Å². The van der Waals surface area contributed by atoms with Crippen molar-refractivity contribution in [1.82, 2.24) is 5.32 Å². The molecule has 82 valence electrons. The van der Waals surface area contributed by atoms with E-state index in [-0.39, 0.29) is 12.0 Å². The van der Waals surface area contributed by atoms with Crippen LogP contribution in [0.15, 0.2) is 0 Å². The predicted octanol–water partition coefficient (Wildman–Crippen LogP) is 1.56. The van der Waals surface area contributed by atoms with Crippen LogP contribution in [0.1, 0.15) is 20.3 Å². The molecule has 1 aliphatic heterocycles. The van der Waals surface area contributed by atoms with E-state index in [9.17, 15) is 4.79 Å². The van der Waals surface area contributed by atoms with Crippen LogP contribution < -0.4 is 5.32 Å². The molecule has 1 rings (SSSR count). The van der Waals surface area contributed by atoms with Gasteiger partial charge < -0.3 is 10.1 Å². The van der Waals surface area contributed by atoms with Crippen molar-refractivity contribution >= 4 is 21.8 Å². The molecule has 4 heteroatoms. The molecule has 14 heavy (non-hydrogen) atoms. The maximum atomic E-state index is 11.6. The van der Waals surface area contributed by atoms with E-state index < -0.39 is 0 Å². The molecule has 3 unspecified atom stereocenters. The first kappa shape index (κ1) is 12.0. The summed E-state index contributed by atoms with van der Waals surface area (Å²) in [5.74, 6) is 0.868. The average Bonchev–Trinajstić information content (AvgIpc) is 2.60. The average molecular weight is 264 g/mol. The molecule has 3 nitrogen and oxygen atoms in total. The fraction of sp³-hybridized carbons (Fsp3) is 0.900. The van der Waals surface area contributed by atoms with E-state index in [4.69, 9.17) is 4.74 Å². The van der Waals surface area contributed by atoms with Gasteiger partial charge in [0.25, 0.3) is 0 Å². The number of hydrogen-bond donors (Lipinski definition) is 1. The number of ether oxygens (including phenoxy) is 1. The Morgan fingerprint density at radius 3 is 2.93 bits per heavy atom. The molecule has 0 aromatic heterocycles. The quantitative estimate of drug-likeness (QED) is 0.782. The van der Waals surface area contributed by atoms with Gasteiger partial charge in [-0.2, -0.15) is 0 Å². The van der Waals surface area contributed by atoms with Gasteiger partial charge in [-0.05, 0) is 18.3 Å². The van der Waals surface area contributed by atoms with Crippen molar-refractivity contribution in [3.8, 4) is 0 Å². The Labute approximate surface area is 93.7 Å². The molecule has 0 aromatic rings. The van der Waals surface area contributed by atoms with E-state index >= 15 is 0 Å². The zero-order valence-corrected chi connectivity index (χ0v) is 10.3. The van der Waals surface area contributed by atoms with Gasteiger partial charge >= 0.3 is 0 Å². The van der Waals surface area contributed by atoms with Gasteiger partial charge in [0.1, 0.15) is 6.10 Å². The zero-order valence-electron chi connectivity index (χ0n) is 8.75. The molecule has 1 N–H and O–H groups in total. The van der Waals surface area contributed by atoms with Crippen LogP contribution in [0.4, 0.5) is 0 Å². The molecule has 0 radical (unpaired) electrons. The number of amides is 1. The fourth-order valence-corrected chi connectivity index (χ4v) is 1.69. The molecule has 0 spiro atoms. The highest BCUT2D eigenvalue weighted by Gasteiger charge is 2.30. The van der Waals surface area contributed by atoms with Gasteiger partial charge in [0.05, 0.1) is 0 Å².